The highest BCUT2D eigenvalue weighted by atomic mass is 32.2. The molecule has 0 radical (unpaired) electrons. The maximum atomic E-state index is 12.2. The number of imide groups is 1. The Morgan fingerprint density at radius 3 is 2.59 bits per heavy atom. The molecule has 0 saturated carbocycles. The van der Waals surface area contributed by atoms with Crippen LogP contribution in [0.3, 0.4) is 0 Å². The lowest BCUT2D eigenvalue weighted by Gasteiger charge is -2.12. The quantitative estimate of drug-likeness (QED) is 0.616. The number of hydrogen-bond acceptors (Lipinski definition) is 5. The van der Waals surface area contributed by atoms with Crippen molar-refractivity contribution in [2.75, 3.05) is 20.8 Å². The van der Waals surface area contributed by atoms with Crippen LogP contribution < -0.4 is 9.47 Å². The van der Waals surface area contributed by atoms with Crippen molar-refractivity contribution in [2.45, 2.75) is 6.92 Å². The van der Waals surface area contributed by atoms with E-state index in [1.807, 2.05) is 6.92 Å². The lowest BCUT2D eigenvalue weighted by molar-refractivity contribution is -0.122. The van der Waals surface area contributed by atoms with Crippen molar-refractivity contribution in [3.05, 3.63) is 40.8 Å². The molecule has 0 aliphatic carbocycles. The number of carbonyl (C=O) groups is 2. The molecule has 1 saturated heterocycles. The minimum Gasteiger partial charge on any atom is -0.496 e. The van der Waals surface area contributed by atoms with Crippen molar-refractivity contribution in [1.29, 1.82) is 0 Å². The van der Waals surface area contributed by atoms with Crippen LogP contribution in [0.15, 0.2) is 29.7 Å². The van der Waals surface area contributed by atoms with Crippen molar-refractivity contribution < 1.29 is 19.1 Å². The Morgan fingerprint density at radius 2 is 2.00 bits per heavy atom. The second-order valence-electron chi connectivity index (χ2n) is 4.60. The fourth-order valence-corrected chi connectivity index (χ4v) is 3.07. The highest BCUT2D eigenvalue weighted by Crippen LogP contribution is 2.37. The van der Waals surface area contributed by atoms with E-state index in [4.69, 9.17) is 9.47 Å². The molecule has 1 fully saturated rings. The van der Waals surface area contributed by atoms with Gasteiger partial charge in [0.1, 0.15) is 11.5 Å². The number of rotatable bonds is 5. The van der Waals surface area contributed by atoms with Crippen molar-refractivity contribution >= 4 is 29.0 Å². The summed E-state index contributed by atoms with van der Waals surface area (Å²) in [6.45, 7) is 5.63. The van der Waals surface area contributed by atoms with Gasteiger partial charge >= 0.3 is 0 Å². The van der Waals surface area contributed by atoms with Crippen LogP contribution in [0.2, 0.25) is 0 Å². The fraction of sp³-hybridized carbons (Fsp3) is 0.250. The first-order valence-corrected chi connectivity index (χ1v) is 7.43. The molecule has 1 heterocycles. The number of amides is 2. The van der Waals surface area contributed by atoms with Crippen molar-refractivity contribution in [3.63, 3.8) is 0 Å². The van der Waals surface area contributed by atoms with E-state index in [1.165, 1.54) is 6.08 Å². The third kappa shape index (κ3) is 2.87. The molecule has 5 nitrogen and oxygen atoms in total. The normalized spacial score (nSPS) is 16.3. The summed E-state index contributed by atoms with van der Waals surface area (Å²) in [4.78, 5) is 25.6. The van der Waals surface area contributed by atoms with Gasteiger partial charge in [-0.2, -0.15) is 0 Å². The Bertz CT molecular complexity index is 666. The summed E-state index contributed by atoms with van der Waals surface area (Å²) in [5.41, 5.74) is 1.56. The van der Waals surface area contributed by atoms with E-state index in [0.717, 1.165) is 27.8 Å². The molecule has 6 heteroatoms. The SMILES string of the molecule is C=CCN1C(=O)S/C(=C/c2ccc(OC)c(C)c2OC)C1=O. The summed E-state index contributed by atoms with van der Waals surface area (Å²) in [5.74, 6) is 1.01. The summed E-state index contributed by atoms with van der Waals surface area (Å²) in [6, 6.07) is 3.60. The van der Waals surface area contributed by atoms with Crippen LogP contribution in [0.1, 0.15) is 11.1 Å². The summed E-state index contributed by atoms with van der Waals surface area (Å²) in [7, 11) is 3.14. The summed E-state index contributed by atoms with van der Waals surface area (Å²) in [6.07, 6.45) is 3.19. The third-order valence-corrected chi connectivity index (χ3v) is 4.19. The highest BCUT2D eigenvalue weighted by Gasteiger charge is 2.34. The molecule has 116 valence electrons. The topological polar surface area (TPSA) is 55.8 Å². The highest BCUT2D eigenvalue weighted by molar-refractivity contribution is 8.18. The van der Waals surface area contributed by atoms with E-state index in [1.54, 1.807) is 32.4 Å². The summed E-state index contributed by atoms with van der Waals surface area (Å²) < 4.78 is 10.7. The summed E-state index contributed by atoms with van der Waals surface area (Å²) in [5, 5.41) is -0.291. The molecule has 1 aliphatic rings. The minimum atomic E-state index is -0.314. The molecule has 22 heavy (non-hydrogen) atoms. The first-order chi connectivity index (χ1) is 10.5. The van der Waals surface area contributed by atoms with E-state index in [0.29, 0.717) is 16.4 Å². The van der Waals surface area contributed by atoms with Crippen LogP contribution in [-0.4, -0.2) is 36.8 Å². The number of hydrogen-bond donors (Lipinski definition) is 0. The zero-order chi connectivity index (χ0) is 16.3. The molecule has 1 aliphatic heterocycles. The van der Waals surface area contributed by atoms with Gasteiger partial charge in [-0.3, -0.25) is 14.5 Å². The van der Waals surface area contributed by atoms with E-state index >= 15 is 0 Å². The maximum absolute atomic E-state index is 12.2. The lowest BCUT2D eigenvalue weighted by Crippen LogP contribution is -2.27. The van der Waals surface area contributed by atoms with Crippen molar-refractivity contribution in [2.24, 2.45) is 0 Å². The molecular weight excluding hydrogens is 302 g/mol. The maximum Gasteiger partial charge on any atom is 0.293 e. The summed E-state index contributed by atoms with van der Waals surface area (Å²) >= 11 is 0.916. The number of methoxy groups -OCH3 is 2. The molecule has 0 atom stereocenters. The monoisotopic (exact) mass is 319 g/mol. The van der Waals surface area contributed by atoms with Gasteiger partial charge in [0.15, 0.2) is 0 Å². The molecule has 0 N–H and O–H groups in total. The minimum absolute atomic E-state index is 0.209. The van der Waals surface area contributed by atoms with Gasteiger partial charge in [-0.25, -0.2) is 0 Å². The number of ether oxygens (including phenoxy) is 2. The number of nitrogens with zero attached hydrogens (tertiary/aromatic N) is 1. The number of carbonyl (C=O) groups excluding carboxylic acids is 2. The predicted octanol–water partition coefficient (Wildman–Crippen LogP) is 3.23. The average Bonchev–Trinajstić information content (AvgIpc) is 2.76. The largest absolute Gasteiger partial charge is 0.496 e. The van der Waals surface area contributed by atoms with E-state index in [9.17, 15) is 9.59 Å². The van der Waals surface area contributed by atoms with Crippen LogP contribution in [0.5, 0.6) is 11.5 Å². The van der Waals surface area contributed by atoms with Crippen LogP contribution in [-0.2, 0) is 4.79 Å². The second-order valence-corrected chi connectivity index (χ2v) is 5.59. The second kappa shape index (κ2) is 6.70. The van der Waals surface area contributed by atoms with Gasteiger partial charge in [0, 0.05) is 17.7 Å². The molecule has 1 aromatic carbocycles. The van der Waals surface area contributed by atoms with Crippen LogP contribution in [0.25, 0.3) is 6.08 Å². The first-order valence-electron chi connectivity index (χ1n) is 6.61. The van der Waals surface area contributed by atoms with E-state index < -0.39 is 0 Å². The standard InChI is InChI=1S/C16H17NO4S/c1-5-8-17-15(18)13(22-16(17)19)9-11-6-7-12(20-3)10(2)14(11)21-4/h5-7,9H,1,8H2,2-4H3/b13-9+. The van der Waals surface area contributed by atoms with Crippen LogP contribution in [0.4, 0.5) is 4.79 Å². The Kier molecular flexibility index (Phi) is 4.92. The van der Waals surface area contributed by atoms with Crippen LogP contribution in [0, 0.1) is 6.92 Å². The molecule has 0 bridgehead atoms. The molecule has 2 amide bonds. The van der Waals surface area contributed by atoms with Crippen molar-refractivity contribution in [1.82, 2.24) is 4.90 Å². The van der Waals surface area contributed by atoms with Crippen LogP contribution >= 0.6 is 11.8 Å². The molecular formula is C16H17NO4S. The van der Waals surface area contributed by atoms with Gasteiger partial charge in [0.2, 0.25) is 0 Å². The first kappa shape index (κ1) is 16.2. The van der Waals surface area contributed by atoms with E-state index in [2.05, 4.69) is 6.58 Å². The Hall–Kier alpha value is -2.21. The van der Waals surface area contributed by atoms with Gasteiger partial charge in [-0.15, -0.1) is 6.58 Å². The molecule has 0 aromatic heterocycles. The molecule has 2 rings (SSSR count). The molecule has 1 aromatic rings. The van der Waals surface area contributed by atoms with Gasteiger partial charge in [-0.05, 0) is 36.9 Å². The van der Waals surface area contributed by atoms with Gasteiger partial charge < -0.3 is 9.47 Å². The van der Waals surface area contributed by atoms with Crippen molar-refractivity contribution in [3.8, 4) is 11.5 Å². The molecule has 0 spiro atoms. The third-order valence-electron chi connectivity index (χ3n) is 3.28. The number of benzene rings is 1. The zero-order valence-corrected chi connectivity index (χ0v) is 13.5. The lowest BCUT2D eigenvalue weighted by atomic mass is 10.1. The van der Waals surface area contributed by atoms with Gasteiger partial charge in [0.05, 0.1) is 19.1 Å². The zero-order valence-electron chi connectivity index (χ0n) is 12.7. The number of thioether (sulfide) groups is 1. The van der Waals surface area contributed by atoms with Gasteiger partial charge in [-0.1, -0.05) is 6.08 Å². The van der Waals surface area contributed by atoms with E-state index in [-0.39, 0.29) is 17.7 Å². The van der Waals surface area contributed by atoms with Gasteiger partial charge in [0.25, 0.3) is 11.1 Å². The predicted molar refractivity (Wildman–Crippen MR) is 87.2 cm³/mol. The average molecular weight is 319 g/mol. The fourth-order valence-electron chi connectivity index (χ4n) is 2.23. The Balaban J connectivity index is 2.42. The molecule has 0 unspecified atom stereocenters. The Morgan fingerprint density at radius 1 is 1.27 bits per heavy atom. The Labute approximate surface area is 133 Å². The smallest absolute Gasteiger partial charge is 0.293 e.